The number of hydrogen-bond donors (Lipinski definition) is 1. The predicted molar refractivity (Wildman–Crippen MR) is 72.4 cm³/mol. The Balaban J connectivity index is 2.10. The first-order chi connectivity index (χ1) is 8.46. The molecule has 2 rings (SSSR count). The van der Waals surface area contributed by atoms with E-state index < -0.39 is 5.60 Å². The molecule has 0 aliphatic carbocycles. The lowest BCUT2D eigenvalue weighted by Crippen LogP contribution is -2.31. The minimum atomic E-state index is -0.748. The largest absolute Gasteiger partial charge is 0.389 e. The maximum atomic E-state index is 10.5. The molecule has 3 heteroatoms. The molecule has 96 valence electrons. The predicted octanol–water partition coefficient (Wildman–Crippen LogP) is 2.26. The molecular weight excluding hydrogens is 224 g/mol. The topological polar surface area (TPSA) is 38.0 Å². The van der Waals surface area contributed by atoms with Crippen LogP contribution < -0.4 is 0 Å². The van der Waals surface area contributed by atoms with Crippen molar-refractivity contribution in [3.63, 3.8) is 0 Å². The summed E-state index contributed by atoms with van der Waals surface area (Å²) in [6, 6.07) is 12.1. The molecule has 1 N–H and O–H groups in total. The molecule has 18 heavy (non-hydrogen) atoms. The molecule has 0 radical (unpaired) electrons. The maximum Gasteiger partial charge on any atom is 0.0715 e. The van der Waals surface area contributed by atoms with Crippen molar-refractivity contribution in [2.75, 3.05) is 0 Å². The molecule has 0 fully saturated rings. The Morgan fingerprint density at radius 1 is 1.22 bits per heavy atom. The van der Waals surface area contributed by atoms with Gasteiger partial charge in [-0.05, 0) is 25.5 Å². The summed E-state index contributed by atoms with van der Waals surface area (Å²) >= 11 is 0. The van der Waals surface area contributed by atoms with Crippen LogP contribution in [0, 0.1) is 6.92 Å². The smallest absolute Gasteiger partial charge is 0.0715 e. The van der Waals surface area contributed by atoms with E-state index in [1.807, 2.05) is 62.0 Å². The van der Waals surface area contributed by atoms with Gasteiger partial charge in [-0.1, -0.05) is 30.3 Å². The van der Waals surface area contributed by atoms with Gasteiger partial charge < -0.3 is 5.11 Å². The van der Waals surface area contributed by atoms with E-state index >= 15 is 0 Å². The van der Waals surface area contributed by atoms with Gasteiger partial charge in [0.1, 0.15) is 0 Å². The number of nitrogens with zero attached hydrogens (tertiary/aromatic N) is 2. The first kappa shape index (κ1) is 12.8. The van der Waals surface area contributed by atoms with Crippen molar-refractivity contribution in [1.29, 1.82) is 0 Å². The van der Waals surface area contributed by atoms with Crippen LogP contribution in [0.4, 0.5) is 0 Å². The molecule has 1 heterocycles. The van der Waals surface area contributed by atoms with Crippen LogP contribution in [0.15, 0.2) is 36.4 Å². The highest BCUT2D eigenvalue weighted by atomic mass is 16.3. The van der Waals surface area contributed by atoms with Crippen LogP contribution in [0.2, 0.25) is 0 Å². The van der Waals surface area contributed by atoms with Gasteiger partial charge in [0.15, 0.2) is 0 Å². The SMILES string of the molecule is Cc1cc(CC(C)(O)Cc2ccccc2)n(C)n1. The van der Waals surface area contributed by atoms with E-state index in [1.165, 1.54) is 0 Å². The van der Waals surface area contributed by atoms with E-state index in [1.54, 1.807) is 0 Å². The average Bonchev–Trinajstić information content (AvgIpc) is 2.57. The summed E-state index contributed by atoms with van der Waals surface area (Å²) in [6.07, 6.45) is 1.26. The van der Waals surface area contributed by atoms with Gasteiger partial charge in [-0.2, -0.15) is 5.10 Å². The lowest BCUT2D eigenvalue weighted by Gasteiger charge is -2.23. The van der Waals surface area contributed by atoms with Crippen LogP contribution in [0.3, 0.4) is 0 Å². The zero-order valence-corrected chi connectivity index (χ0v) is 11.2. The summed E-state index contributed by atoms with van der Waals surface area (Å²) < 4.78 is 1.84. The average molecular weight is 244 g/mol. The van der Waals surface area contributed by atoms with Crippen molar-refractivity contribution in [1.82, 2.24) is 9.78 Å². The van der Waals surface area contributed by atoms with Crippen LogP contribution >= 0.6 is 0 Å². The molecule has 1 unspecified atom stereocenters. The van der Waals surface area contributed by atoms with Crippen LogP contribution in [0.1, 0.15) is 23.9 Å². The molecule has 3 nitrogen and oxygen atoms in total. The minimum Gasteiger partial charge on any atom is -0.389 e. The summed E-state index contributed by atoms with van der Waals surface area (Å²) in [5.41, 5.74) is 2.46. The fraction of sp³-hybridized carbons (Fsp3) is 0.400. The molecule has 0 saturated carbocycles. The molecule has 0 bridgehead atoms. The van der Waals surface area contributed by atoms with Crippen LogP contribution in [0.5, 0.6) is 0 Å². The van der Waals surface area contributed by atoms with E-state index in [-0.39, 0.29) is 0 Å². The van der Waals surface area contributed by atoms with Gasteiger partial charge in [-0.25, -0.2) is 0 Å². The molecule has 1 aromatic heterocycles. The summed E-state index contributed by atoms with van der Waals surface area (Å²) in [7, 11) is 1.92. The highest BCUT2D eigenvalue weighted by molar-refractivity contribution is 5.18. The van der Waals surface area contributed by atoms with Gasteiger partial charge >= 0.3 is 0 Å². The number of aryl methyl sites for hydroxylation is 2. The normalized spacial score (nSPS) is 14.4. The quantitative estimate of drug-likeness (QED) is 0.896. The van der Waals surface area contributed by atoms with Crippen molar-refractivity contribution >= 4 is 0 Å². The van der Waals surface area contributed by atoms with Crippen molar-refractivity contribution < 1.29 is 5.11 Å². The first-order valence-electron chi connectivity index (χ1n) is 6.22. The van der Waals surface area contributed by atoms with Gasteiger partial charge in [-0.3, -0.25) is 4.68 Å². The Labute approximate surface area is 108 Å². The second-order valence-electron chi connectivity index (χ2n) is 5.24. The Morgan fingerprint density at radius 2 is 1.89 bits per heavy atom. The summed E-state index contributed by atoms with van der Waals surface area (Å²) in [5, 5.41) is 14.8. The molecule has 0 spiro atoms. The summed E-state index contributed by atoms with van der Waals surface area (Å²) in [6.45, 7) is 3.84. The second kappa shape index (κ2) is 4.94. The van der Waals surface area contributed by atoms with Crippen molar-refractivity contribution in [2.24, 2.45) is 7.05 Å². The zero-order chi connectivity index (χ0) is 13.2. The van der Waals surface area contributed by atoms with Gasteiger partial charge in [-0.15, -0.1) is 0 Å². The van der Waals surface area contributed by atoms with Gasteiger partial charge in [0.2, 0.25) is 0 Å². The Morgan fingerprint density at radius 3 is 2.44 bits per heavy atom. The van der Waals surface area contributed by atoms with E-state index in [4.69, 9.17) is 0 Å². The maximum absolute atomic E-state index is 10.5. The Hall–Kier alpha value is -1.61. The zero-order valence-electron chi connectivity index (χ0n) is 11.2. The fourth-order valence-corrected chi connectivity index (χ4v) is 2.32. The molecule has 1 aromatic carbocycles. The lowest BCUT2D eigenvalue weighted by atomic mass is 9.92. The van der Waals surface area contributed by atoms with Crippen molar-refractivity contribution in [2.45, 2.75) is 32.3 Å². The van der Waals surface area contributed by atoms with E-state index in [9.17, 15) is 5.11 Å². The third-order valence-corrected chi connectivity index (χ3v) is 3.09. The monoisotopic (exact) mass is 244 g/mol. The van der Waals surface area contributed by atoms with E-state index in [0.717, 1.165) is 17.0 Å². The van der Waals surface area contributed by atoms with Crippen molar-refractivity contribution in [3.8, 4) is 0 Å². The highest BCUT2D eigenvalue weighted by Crippen LogP contribution is 2.19. The molecular formula is C15H20N2O. The van der Waals surface area contributed by atoms with Crippen LogP contribution in [-0.2, 0) is 19.9 Å². The molecule has 0 saturated heterocycles. The van der Waals surface area contributed by atoms with Crippen LogP contribution in [-0.4, -0.2) is 20.5 Å². The molecule has 0 aliphatic heterocycles. The number of benzene rings is 1. The van der Waals surface area contributed by atoms with Gasteiger partial charge in [0.05, 0.1) is 11.3 Å². The fourth-order valence-electron chi connectivity index (χ4n) is 2.32. The minimum absolute atomic E-state index is 0.610. The molecule has 0 aliphatic rings. The molecule has 0 amide bonds. The standard InChI is InChI=1S/C15H20N2O/c1-12-9-14(17(3)16-12)11-15(2,18)10-13-7-5-4-6-8-13/h4-9,18H,10-11H2,1-3H3. The number of aromatic nitrogens is 2. The molecule has 1 atom stereocenters. The number of rotatable bonds is 4. The Bertz CT molecular complexity index is 515. The molecule has 2 aromatic rings. The lowest BCUT2D eigenvalue weighted by molar-refractivity contribution is 0.0589. The number of hydrogen-bond acceptors (Lipinski definition) is 2. The third-order valence-electron chi connectivity index (χ3n) is 3.09. The van der Waals surface area contributed by atoms with E-state index in [0.29, 0.717) is 12.8 Å². The summed E-state index contributed by atoms with van der Waals surface area (Å²) in [4.78, 5) is 0. The first-order valence-corrected chi connectivity index (χ1v) is 6.22. The Kier molecular flexibility index (Phi) is 3.53. The second-order valence-corrected chi connectivity index (χ2v) is 5.24. The third kappa shape index (κ3) is 3.20. The van der Waals surface area contributed by atoms with E-state index in [2.05, 4.69) is 5.10 Å². The van der Waals surface area contributed by atoms with Gasteiger partial charge in [0, 0.05) is 25.6 Å². The number of aliphatic hydroxyl groups is 1. The van der Waals surface area contributed by atoms with Crippen LogP contribution in [0.25, 0.3) is 0 Å². The van der Waals surface area contributed by atoms with Gasteiger partial charge in [0.25, 0.3) is 0 Å². The summed E-state index contributed by atoms with van der Waals surface area (Å²) in [5.74, 6) is 0. The highest BCUT2D eigenvalue weighted by Gasteiger charge is 2.23. The van der Waals surface area contributed by atoms with Crippen molar-refractivity contribution in [3.05, 3.63) is 53.3 Å².